The first-order valence-electron chi connectivity index (χ1n) is 6.86. The summed E-state index contributed by atoms with van der Waals surface area (Å²) in [7, 11) is 0. The zero-order chi connectivity index (χ0) is 13.7. The Hall–Kier alpha value is -1.89. The summed E-state index contributed by atoms with van der Waals surface area (Å²) in [6.07, 6.45) is 11.1. The molecule has 0 radical (unpaired) electrons. The van der Waals surface area contributed by atoms with Crippen molar-refractivity contribution in [3.05, 3.63) is 64.8 Å². The molecule has 0 fully saturated rings. The average molecular weight is 252 g/mol. The molecule has 0 spiro atoms. The quantitative estimate of drug-likeness (QED) is 0.728. The molecule has 98 valence electrons. The monoisotopic (exact) mass is 252 g/mol. The van der Waals surface area contributed by atoms with Crippen LogP contribution in [0.3, 0.4) is 0 Å². The molecule has 1 aliphatic carbocycles. The normalized spacial score (nSPS) is 19.2. The minimum Gasteiger partial charge on any atom is -0.298 e. The van der Waals surface area contributed by atoms with Crippen LogP contribution in [0.1, 0.15) is 31.4 Å². The highest BCUT2D eigenvalue weighted by atomic mass is 16.1. The van der Waals surface area contributed by atoms with Crippen LogP contribution in [0.4, 0.5) is 0 Å². The highest BCUT2D eigenvalue weighted by molar-refractivity contribution is 5.75. The Morgan fingerprint density at radius 1 is 1.16 bits per heavy atom. The van der Waals surface area contributed by atoms with E-state index in [0.29, 0.717) is 5.92 Å². The molecular weight excluding hydrogens is 232 g/mol. The second-order valence-corrected chi connectivity index (χ2v) is 5.06. The maximum absolute atomic E-state index is 10.7. The van der Waals surface area contributed by atoms with Crippen molar-refractivity contribution in [3.63, 3.8) is 0 Å². The lowest BCUT2D eigenvalue weighted by Crippen LogP contribution is -2.04. The molecule has 1 heteroatoms. The first-order valence-corrected chi connectivity index (χ1v) is 6.86. The van der Waals surface area contributed by atoms with Crippen molar-refractivity contribution in [3.8, 4) is 0 Å². The van der Waals surface area contributed by atoms with E-state index >= 15 is 0 Å². The Bertz CT molecular complexity index is 529. The lowest BCUT2D eigenvalue weighted by molar-refractivity contribution is -0.105. The Labute approximate surface area is 115 Å². The van der Waals surface area contributed by atoms with E-state index < -0.39 is 0 Å². The van der Waals surface area contributed by atoms with Gasteiger partial charge in [-0.2, -0.15) is 0 Å². The molecule has 0 amide bonds. The van der Waals surface area contributed by atoms with Gasteiger partial charge >= 0.3 is 0 Å². The number of carbonyl (C=O) groups is 1. The predicted molar refractivity (Wildman–Crippen MR) is 80.9 cm³/mol. The highest BCUT2D eigenvalue weighted by Crippen LogP contribution is 2.25. The largest absolute Gasteiger partial charge is 0.298 e. The van der Waals surface area contributed by atoms with Crippen LogP contribution >= 0.6 is 0 Å². The summed E-state index contributed by atoms with van der Waals surface area (Å²) in [5, 5.41) is 0. The van der Waals surface area contributed by atoms with Crippen molar-refractivity contribution in [1.29, 1.82) is 0 Å². The molecule has 1 atom stereocenters. The average Bonchev–Trinajstić information content (AvgIpc) is 2.46. The highest BCUT2D eigenvalue weighted by Gasteiger charge is 2.12. The topological polar surface area (TPSA) is 17.1 Å². The summed E-state index contributed by atoms with van der Waals surface area (Å²) >= 11 is 0. The molecular formula is C18H20O. The number of hydrogen-bond donors (Lipinski definition) is 0. The van der Waals surface area contributed by atoms with Crippen molar-refractivity contribution in [2.24, 2.45) is 5.92 Å². The molecule has 0 heterocycles. The fraction of sp³-hybridized carbons (Fsp3) is 0.278. The second kappa shape index (κ2) is 6.33. The molecule has 1 unspecified atom stereocenters. The third-order valence-electron chi connectivity index (χ3n) is 3.61. The van der Waals surface area contributed by atoms with Gasteiger partial charge in [-0.25, -0.2) is 0 Å². The summed E-state index contributed by atoms with van der Waals surface area (Å²) in [4.78, 5) is 10.7. The molecule has 2 rings (SSSR count). The van der Waals surface area contributed by atoms with Crippen LogP contribution in [-0.2, 0) is 11.2 Å². The Morgan fingerprint density at radius 3 is 2.47 bits per heavy atom. The van der Waals surface area contributed by atoms with E-state index in [4.69, 9.17) is 0 Å². The number of carbonyl (C=O) groups excluding carboxylic acids is 1. The number of rotatable bonds is 4. The summed E-state index contributed by atoms with van der Waals surface area (Å²) in [5.41, 5.74) is 4.75. The molecule has 1 aromatic rings. The van der Waals surface area contributed by atoms with Crippen molar-refractivity contribution >= 4 is 12.4 Å². The molecule has 0 N–H and O–H groups in total. The van der Waals surface area contributed by atoms with Gasteiger partial charge in [0.1, 0.15) is 6.29 Å². The Kier molecular flexibility index (Phi) is 4.51. The van der Waals surface area contributed by atoms with Gasteiger partial charge in [0.05, 0.1) is 0 Å². The summed E-state index contributed by atoms with van der Waals surface area (Å²) < 4.78 is 0. The van der Waals surface area contributed by atoms with E-state index in [1.165, 1.54) is 16.7 Å². The van der Waals surface area contributed by atoms with Crippen LogP contribution in [0.15, 0.2) is 53.6 Å². The summed E-state index contributed by atoms with van der Waals surface area (Å²) in [6, 6.07) is 8.64. The minimum atomic E-state index is 0.413. The Morgan fingerprint density at radius 2 is 1.89 bits per heavy atom. The van der Waals surface area contributed by atoms with Gasteiger partial charge in [0, 0.05) is 0 Å². The molecule has 0 aliphatic heterocycles. The number of aryl methyl sites for hydroxylation is 1. The molecule has 0 saturated carbocycles. The third-order valence-corrected chi connectivity index (χ3v) is 3.61. The number of hydrogen-bond acceptors (Lipinski definition) is 1. The minimum absolute atomic E-state index is 0.413. The van der Waals surface area contributed by atoms with Gasteiger partial charge in [-0.15, -0.1) is 0 Å². The number of allylic oxidation sites excluding steroid dienone is 5. The van der Waals surface area contributed by atoms with Crippen molar-refractivity contribution < 1.29 is 4.79 Å². The van der Waals surface area contributed by atoms with E-state index in [1.807, 2.05) is 6.08 Å². The zero-order valence-electron chi connectivity index (χ0n) is 11.6. The number of aldehydes is 1. The van der Waals surface area contributed by atoms with E-state index in [-0.39, 0.29) is 0 Å². The SMILES string of the molecule is CCc1ccc(C=CC2=CC=C(C=O)CC2C)cc1. The van der Waals surface area contributed by atoms with Crippen molar-refractivity contribution in [1.82, 2.24) is 0 Å². The van der Waals surface area contributed by atoms with Gasteiger partial charge in [-0.1, -0.05) is 62.4 Å². The van der Waals surface area contributed by atoms with Crippen LogP contribution < -0.4 is 0 Å². The van der Waals surface area contributed by atoms with E-state index in [1.54, 1.807) is 0 Å². The lowest BCUT2D eigenvalue weighted by Gasteiger charge is -2.16. The van der Waals surface area contributed by atoms with E-state index in [9.17, 15) is 4.79 Å². The van der Waals surface area contributed by atoms with Gasteiger partial charge in [0.2, 0.25) is 0 Å². The molecule has 1 aromatic carbocycles. The summed E-state index contributed by atoms with van der Waals surface area (Å²) in [6.45, 7) is 4.32. The first kappa shape index (κ1) is 13.5. The van der Waals surface area contributed by atoms with Gasteiger partial charge in [0.25, 0.3) is 0 Å². The first-order chi connectivity index (χ1) is 9.22. The standard InChI is InChI=1S/C18H20O/c1-3-15-4-6-16(7-5-15)8-10-18-11-9-17(13-19)12-14(18)2/h4-11,13-14H,3,12H2,1-2H3. The third kappa shape index (κ3) is 3.54. The van der Waals surface area contributed by atoms with Crippen LogP contribution in [0.25, 0.3) is 6.08 Å². The van der Waals surface area contributed by atoms with E-state index in [0.717, 1.165) is 24.7 Å². The second-order valence-electron chi connectivity index (χ2n) is 5.06. The van der Waals surface area contributed by atoms with E-state index in [2.05, 4.69) is 56.3 Å². The zero-order valence-corrected chi connectivity index (χ0v) is 11.6. The molecule has 19 heavy (non-hydrogen) atoms. The molecule has 0 saturated heterocycles. The molecule has 1 aliphatic rings. The van der Waals surface area contributed by atoms with Crippen molar-refractivity contribution in [2.75, 3.05) is 0 Å². The van der Waals surface area contributed by atoms with Crippen molar-refractivity contribution in [2.45, 2.75) is 26.7 Å². The number of benzene rings is 1. The maximum Gasteiger partial charge on any atom is 0.146 e. The van der Waals surface area contributed by atoms with Gasteiger partial charge in [0.15, 0.2) is 0 Å². The lowest BCUT2D eigenvalue weighted by atomic mass is 9.88. The van der Waals surface area contributed by atoms with Crippen LogP contribution in [0.2, 0.25) is 0 Å². The van der Waals surface area contributed by atoms with Gasteiger partial charge in [-0.3, -0.25) is 4.79 Å². The fourth-order valence-electron chi connectivity index (χ4n) is 2.27. The van der Waals surface area contributed by atoms with Gasteiger partial charge in [-0.05, 0) is 41.0 Å². The predicted octanol–water partition coefficient (Wildman–Crippen LogP) is 4.35. The van der Waals surface area contributed by atoms with Crippen LogP contribution in [-0.4, -0.2) is 6.29 Å². The molecule has 1 nitrogen and oxygen atoms in total. The van der Waals surface area contributed by atoms with Crippen LogP contribution in [0, 0.1) is 5.92 Å². The smallest absolute Gasteiger partial charge is 0.146 e. The molecule has 0 aromatic heterocycles. The van der Waals surface area contributed by atoms with Gasteiger partial charge < -0.3 is 0 Å². The Balaban J connectivity index is 2.11. The molecule has 0 bridgehead atoms. The maximum atomic E-state index is 10.7. The van der Waals surface area contributed by atoms with Crippen LogP contribution in [0.5, 0.6) is 0 Å². The fourth-order valence-corrected chi connectivity index (χ4v) is 2.27. The summed E-state index contributed by atoms with van der Waals surface area (Å²) in [5.74, 6) is 0.413.